The summed E-state index contributed by atoms with van der Waals surface area (Å²) >= 11 is 0. The Labute approximate surface area is 231 Å². The number of allylic oxidation sites excluding steroid dienone is 2. The fraction of sp³-hybridized carbons (Fsp3) is 0.545. The number of nitrogens with two attached hydrogens (primary N) is 1. The van der Waals surface area contributed by atoms with E-state index in [0.29, 0.717) is 5.75 Å². The number of esters is 1. The maximum absolute atomic E-state index is 11.0. The Morgan fingerprint density at radius 1 is 1.00 bits per heavy atom. The Morgan fingerprint density at radius 2 is 1.71 bits per heavy atom. The molecule has 38 heavy (non-hydrogen) atoms. The summed E-state index contributed by atoms with van der Waals surface area (Å²) in [4.78, 5) is 16.0. The average molecular weight is 520 g/mol. The van der Waals surface area contributed by atoms with Gasteiger partial charge in [0.1, 0.15) is 5.75 Å². The summed E-state index contributed by atoms with van der Waals surface area (Å²) in [6, 6.07) is 12.5. The van der Waals surface area contributed by atoms with E-state index in [4.69, 9.17) is 10.5 Å². The van der Waals surface area contributed by atoms with Crippen molar-refractivity contribution in [2.24, 2.45) is 5.92 Å². The van der Waals surface area contributed by atoms with Gasteiger partial charge in [-0.1, -0.05) is 56.9 Å². The maximum Gasteiger partial charge on any atom is 0.308 e. The van der Waals surface area contributed by atoms with Crippen LogP contribution in [0.4, 0.5) is 11.4 Å². The zero-order valence-corrected chi connectivity index (χ0v) is 24.6. The van der Waals surface area contributed by atoms with E-state index in [1.807, 2.05) is 19.1 Å². The molecule has 4 rings (SSSR count). The fourth-order valence-corrected chi connectivity index (χ4v) is 4.95. The van der Waals surface area contributed by atoms with Crippen LogP contribution in [-0.2, 0) is 4.79 Å². The van der Waals surface area contributed by atoms with Crippen molar-refractivity contribution in [3.05, 3.63) is 58.7 Å². The van der Waals surface area contributed by atoms with Crippen LogP contribution < -0.4 is 15.4 Å². The molecule has 1 unspecified atom stereocenters. The van der Waals surface area contributed by atoms with Crippen LogP contribution in [-0.4, -0.2) is 43.6 Å². The second kappa shape index (κ2) is 14.4. The van der Waals surface area contributed by atoms with Gasteiger partial charge >= 0.3 is 5.97 Å². The van der Waals surface area contributed by atoms with Gasteiger partial charge in [-0.15, -0.1) is 0 Å². The number of hydrogen-bond acceptors (Lipinski definition) is 5. The Kier molecular flexibility index (Phi) is 11.3. The normalized spacial score (nSPS) is 15.9. The summed E-state index contributed by atoms with van der Waals surface area (Å²) in [5.74, 6) is 1.30. The smallest absolute Gasteiger partial charge is 0.308 e. The molecule has 0 spiro atoms. The molecule has 208 valence electrons. The van der Waals surface area contributed by atoms with Crippen molar-refractivity contribution in [2.75, 3.05) is 43.4 Å². The van der Waals surface area contributed by atoms with E-state index in [9.17, 15) is 4.79 Å². The van der Waals surface area contributed by atoms with Gasteiger partial charge in [0.25, 0.3) is 0 Å². The van der Waals surface area contributed by atoms with E-state index in [2.05, 4.69) is 61.8 Å². The highest BCUT2D eigenvalue weighted by atomic mass is 16.5. The van der Waals surface area contributed by atoms with E-state index in [1.54, 1.807) is 0 Å². The molecular weight excluding hydrogens is 470 g/mol. The number of carbonyl (C=O) groups excluding carboxylic acids is 1. The third kappa shape index (κ3) is 9.20. The van der Waals surface area contributed by atoms with Crippen LogP contribution in [0.1, 0.15) is 82.9 Å². The van der Waals surface area contributed by atoms with Gasteiger partial charge < -0.3 is 15.4 Å². The van der Waals surface area contributed by atoms with Crippen molar-refractivity contribution in [1.82, 2.24) is 4.90 Å². The van der Waals surface area contributed by atoms with Gasteiger partial charge in [-0.2, -0.15) is 0 Å². The van der Waals surface area contributed by atoms with E-state index < -0.39 is 0 Å². The fourth-order valence-electron chi connectivity index (χ4n) is 4.95. The predicted octanol–water partition coefficient (Wildman–Crippen LogP) is 7.40. The van der Waals surface area contributed by atoms with Gasteiger partial charge in [-0.25, -0.2) is 0 Å². The van der Waals surface area contributed by atoms with Crippen LogP contribution in [0.5, 0.6) is 5.75 Å². The monoisotopic (exact) mass is 519 g/mol. The summed E-state index contributed by atoms with van der Waals surface area (Å²) in [6.45, 7) is 18.0. The number of carbonyl (C=O) groups is 1. The molecule has 2 aromatic rings. The predicted molar refractivity (Wildman–Crippen MR) is 162 cm³/mol. The summed E-state index contributed by atoms with van der Waals surface area (Å²) < 4.78 is 5.17. The second-order valence-electron chi connectivity index (χ2n) is 11.2. The molecule has 0 amide bonds. The number of nitrogens with zero attached hydrogens (tertiary/aromatic N) is 2. The Morgan fingerprint density at radius 3 is 2.32 bits per heavy atom. The summed E-state index contributed by atoms with van der Waals surface area (Å²) in [5.41, 5.74) is 14.5. The number of aryl methyl sites for hydroxylation is 2. The van der Waals surface area contributed by atoms with Crippen LogP contribution >= 0.6 is 0 Å². The lowest BCUT2D eigenvalue weighted by Crippen LogP contribution is -2.46. The highest BCUT2D eigenvalue weighted by Crippen LogP contribution is 2.37. The molecule has 2 N–H and O–H groups in total. The average Bonchev–Trinajstić information content (AvgIpc) is 3.74. The van der Waals surface area contributed by atoms with Crippen molar-refractivity contribution in [1.29, 1.82) is 0 Å². The van der Waals surface area contributed by atoms with Crippen molar-refractivity contribution in [2.45, 2.75) is 80.1 Å². The number of nitrogen functional groups attached to an aromatic ring is 1. The molecule has 1 aliphatic heterocycles. The van der Waals surface area contributed by atoms with Gasteiger partial charge in [0.2, 0.25) is 0 Å². The number of hydrogen-bond donors (Lipinski definition) is 1. The van der Waals surface area contributed by atoms with Crippen LogP contribution in [0.2, 0.25) is 0 Å². The summed E-state index contributed by atoms with van der Waals surface area (Å²) in [5, 5.41) is 0. The molecule has 1 saturated heterocycles. The van der Waals surface area contributed by atoms with Crippen molar-refractivity contribution in [3.63, 3.8) is 0 Å². The number of piperazine rings is 1. The van der Waals surface area contributed by atoms with Gasteiger partial charge in [-0.3, -0.25) is 9.69 Å². The molecule has 1 saturated carbocycles. The molecule has 1 heterocycles. The van der Waals surface area contributed by atoms with E-state index >= 15 is 0 Å². The minimum atomic E-state index is -0.267. The number of benzene rings is 2. The number of ether oxygens (including phenoxy) is 1. The SMILES string of the molecule is CC(=O)Oc1cc(C(C)=C2CC2)ccc1C.CCC(C)CCCCN1CCN(c2ccc(C)cc2N)CC1. The van der Waals surface area contributed by atoms with E-state index in [0.717, 1.165) is 48.9 Å². The lowest BCUT2D eigenvalue weighted by Gasteiger charge is -2.36. The molecular formula is C33H49N3O2. The molecule has 5 nitrogen and oxygen atoms in total. The first kappa shape index (κ1) is 29.8. The van der Waals surface area contributed by atoms with Crippen molar-refractivity contribution < 1.29 is 9.53 Å². The molecule has 1 aliphatic carbocycles. The Hall–Kier alpha value is -2.79. The van der Waals surface area contributed by atoms with Crippen molar-refractivity contribution in [3.8, 4) is 5.75 Å². The van der Waals surface area contributed by atoms with E-state index in [-0.39, 0.29) is 5.97 Å². The van der Waals surface area contributed by atoms with Crippen LogP contribution in [0, 0.1) is 19.8 Å². The van der Waals surface area contributed by atoms with E-state index in [1.165, 1.54) is 74.4 Å². The second-order valence-corrected chi connectivity index (χ2v) is 11.2. The molecule has 0 bridgehead atoms. The molecule has 0 aromatic heterocycles. The topological polar surface area (TPSA) is 58.8 Å². The van der Waals surface area contributed by atoms with Gasteiger partial charge in [0.15, 0.2) is 0 Å². The zero-order valence-electron chi connectivity index (χ0n) is 24.6. The first-order valence-corrected chi connectivity index (χ1v) is 14.5. The highest BCUT2D eigenvalue weighted by molar-refractivity contribution is 5.74. The molecule has 5 heteroatoms. The molecule has 2 fully saturated rings. The molecule has 0 radical (unpaired) electrons. The molecule has 2 aliphatic rings. The number of anilines is 2. The van der Waals surface area contributed by atoms with Gasteiger partial charge in [0, 0.05) is 33.1 Å². The Balaban J connectivity index is 0.000000221. The third-order valence-electron chi connectivity index (χ3n) is 7.92. The highest BCUT2D eigenvalue weighted by Gasteiger charge is 2.19. The lowest BCUT2D eigenvalue weighted by atomic mass is 10.0. The van der Waals surface area contributed by atoms with Gasteiger partial charge in [-0.05, 0) is 93.0 Å². The molecule has 2 aromatic carbocycles. The number of unbranched alkanes of at least 4 members (excludes halogenated alkanes) is 1. The largest absolute Gasteiger partial charge is 0.426 e. The minimum Gasteiger partial charge on any atom is -0.426 e. The summed E-state index contributed by atoms with van der Waals surface area (Å²) in [6.07, 6.45) is 7.84. The lowest BCUT2D eigenvalue weighted by molar-refractivity contribution is -0.131. The van der Waals surface area contributed by atoms with Crippen LogP contribution in [0.15, 0.2) is 42.0 Å². The van der Waals surface area contributed by atoms with Crippen LogP contribution in [0.25, 0.3) is 5.57 Å². The minimum absolute atomic E-state index is 0.267. The first-order valence-electron chi connectivity index (χ1n) is 14.5. The quantitative estimate of drug-likeness (QED) is 0.162. The van der Waals surface area contributed by atoms with Crippen molar-refractivity contribution >= 4 is 22.9 Å². The third-order valence-corrected chi connectivity index (χ3v) is 7.92. The summed E-state index contributed by atoms with van der Waals surface area (Å²) in [7, 11) is 0. The zero-order chi connectivity index (χ0) is 27.7. The number of rotatable bonds is 9. The maximum atomic E-state index is 11.0. The van der Waals surface area contributed by atoms with Gasteiger partial charge in [0.05, 0.1) is 11.4 Å². The standard InChI is InChI=1S/C19H33N3.C14H16O2/c1-4-16(2)7-5-6-10-21-11-13-22(14-12-21)19-9-8-17(3)15-18(19)20;1-9-4-5-13(10(2)12-6-7-12)8-14(9)16-11(3)15/h8-9,15-16H,4-7,10-14,20H2,1-3H3;4-5,8H,6-7H2,1-3H3. The van der Waals surface area contributed by atoms with Crippen LogP contribution in [0.3, 0.4) is 0 Å². The molecule has 1 atom stereocenters. The first-order chi connectivity index (χ1) is 18.2. The Bertz CT molecular complexity index is 1090.